The molecule has 1 aliphatic carbocycles. The SMILES string of the molecule is C1=CCC=C1.C[CH2][Ga][CH2]C. The van der Waals surface area contributed by atoms with Gasteiger partial charge >= 0.3 is 41.2 Å². The Hall–Kier alpha value is 0.116. The van der Waals surface area contributed by atoms with E-state index in [1.165, 1.54) is 9.95 Å². The molecule has 0 saturated carbocycles. The Kier molecular flexibility index (Phi) is 9.22. The minimum atomic E-state index is 0.312. The van der Waals surface area contributed by atoms with Crippen LogP contribution in [0.1, 0.15) is 20.3 Å². The minimum absolute atomic E-state index is 0.312. The number of allylic oxidation sites excluding steroid dienone is 4. The van der Waals surface area contributed by atoms with Crippen molar-refractivity contribution in [1.29, 1.82) is 0 Å². The van der Waals surface area contributed by atoms with Gasteiger partial charge in [-0.15, -0.1) is 0 Å². The summed E-state index contributed by atoms with van der Waals surface area (Å²) >= 11 is 0.312. The van der Waals surface area contributed by atoms with Crippen molar-refractivity contribution in [2.45, 2.75) is 30.2 Å². The van der Waals surface area contributed by atoms with E-state index in [-0.39, 0.29) is 0 Å². The molecule has 0 saturated heterocycles. The Labute approximate surface area is 72.2 Å². The molecule has 0 nitrogen and oxygen atoms in total. The molecule has 0 aromatic heterocycles. The Morgan fingerprint density at radius 1 is 1.10 bits per heavy atom. The topological polar surface area (TPSA) is 0 Å². The van der Waals surface area contributed by atoms with E-state index in [4.69, 9.17) is 0 Å². The van der Waals surface area contributed by atoms with E-state index in [0.29, 0.717) is 17.4 Å². The predicted octanol–water partition coefficient (Wildman–Crippen LogP) is 3.07. The van der Waals surface area contributed by atoms with E-state index in [9.17, 15) is 0 Å². The molecule has 0 N–H and O–H groups in total. The van der Waals surface area contributed by atoms with Crippen LogP contribution >= 0.6 is 0 Å². The van der Waals surface area contributed by atoms with Crippen molar-refractivity contribution in [3.8, 4) is 0 Å². The van der Waals surface area contributed by atoms with Gasteiger partial charge in [-0.05, 0) is 6.42 Å². The zero-order valence-electron chi connectivity index (χ0n) is 7.01. The van der Waals surface area contributed by atoms with Crippen LogP contribution in [0.25, 0.3) is 0 Å². The van der Waals surface area contributed by atoms with E-state index in [1.54, 1.807) is 0 Å². The van der Waals surface area contributed by atoms with Crippen molar-refractivity contribution >= 4 is 17.4 Å². The molecular weight excluding hydrogens is 178 g/mol. The summed E-state index contributed by atoms with van der Waals surface area (Å²) in [4.78, 5) is 3.00. The summed E-state index contributed by atoms with van der Waals surface area (Å²) in [6.07, 6.45) is 9.50. The van der Waals surface area contributed by atoms with Crippen LogP contribution in [0, 0.1) is 0 Å². The van der Waals surface area contributed by atoms with Crippen LogP contribution in [-0.2, 0) is 0 Å². The van der Waals surface area contributed by atoms with Crippen LogP contribution in [0.4, 0.5) is 0 Å². The monoisotopic (exact) mass is 193 g/mol. The van der Waals surface area contributed by atoms with Gasteiger partial charge in [0.15, 0.2) is 0 Å². The van der Waals surface area contributed by atoms with Gasteiger partial charge in [-0.3, -0.25) is 0 Å². The molecule has 1 rings (SSSR count). The van der Waals surface area contributed by atoms with Crippen molar-refractivity contribution in [2.24, 2.45) is 0 Å². The second-order valence-electron chi connectivity index (χ2n) is 2.20. The van der Waals surface area contributed by atoms with E-state index in [1.807, 2.05) is 0 Å². The van der Waals surface area contributed by atoms with Gasteiger partial charge in [0.05, 0.1) is 0 Å². The Morgan fingerprint density at radius 3 is 1.70 bits per heavy atom. The molecule has 0 aliphatic heterocycles. The van der Waals surface area contributed by atoms with Crippen molar-refractivity contribution in [3.63, 3.8) is 0 Å². The molecule has 0 atom stereocenters. The van der Waals surface area contributed by atoms with E-state index in [2.05, 4.69) is 38.2 Å². The first-order chi connectivity index (χ1) is 4.91. The van der Waals surface area contributed by atoms with E-state index in [0.717, 1.165) is 6.42 Å². The fourth-order valence-electron chi connectivity index (χ4n) is 0.682. The third kappa shape index (κ3) is 8.12. The van der Waals surface area contributed by atoms with Crippen molar-refractivity contribution in [3.05, 3.63) is 24.3 Å². The zero-order chi connectivity index (χ0) is 7.66. The van der Waals surface area contributed by atoms with Crippen molar-refractivity contribution < 1.29 is 0 Å². The van der Waals surface area contributed by atoms with Crippen LogP contribution in [0.2, 0.25) is 9.95 Å². The van der Waals surface area contributed by atoms with Crippen LogP contribution in [0.5, 0.6) is 0 Å². The predicted molar refractivity (Wildman–Crippen MR) is 49.6 cm³/mol. The van der Waals surface area contributed by atoms with Gasteiger partial charge < -0.3 is 0 Å². The summed E-state index contributed by atoms with van der Waals surface area (Å²) < 4.78 is 0. The average molecular weight is 194 g/mol. The average Bonchev–Trinajstić information content (AvgIpc) is 2.44. The van der Waals surface area contributed by atoms with Gasteiger partial charge in [-0.2, -0.15) is 0 Å². The molecule has 0 aromatic carbocycles. The maximum absolute atomic E-state index is 2.28. The Balaban J connectivity index is 0.000000162. The molecule has 10 heavy (non-hydrogen) atoms. The fourth-order valence-corrected chi connectivity index (χ4v) is 1.89. The second kappa shape index (κ2) is 9.12. The number of hydrogen-bond donors (Lipinski definition) is 0. The first-order valence-corrected chi connectivity index (χ1v) is 7.47. The van der Waals surface area contributed by atoms with Gasteiger partial charge in [-0.1, -0.05) is 24.3 Å². The molecule has 0 spiro atoms. The molecule has 0 fully saturated rings. The maximum atomic E-state index is 2.28. The molecule has 0 aromatic rings. The van der Waals surface area contributed by atoms with Crippen molar-refractivity contribution in [1.82, 2.24) is 0 Å². The quantitative estimate of drug-likeness (QED) is 0.592. The normalized spacial score (nSPS) is 12.6. The number of hydrogen-bond acceptors (Lipinski definition) is 0. The first-order valence-electron chi connectivity index (χ1n) is 4.05. The van der Waals surface area contributed by atoms with E-state index >= 15 is 0 Å². The Morgan fingerprint density at radius 2 is 1.60 bits per heavy atom. The third-order valence-electron chi connectivity index (χ3n) is 1.23. The third-order valence-corrected chi connectivity index (χ3v) is 3.66. The molecule has 0 unspecified atom stereocenters. The molecule has 1 aliphatic rings. The standard InChI is InChI=1S/C5H6.2C2H5.Ga/c1-2-4-5-3-1;2*1-2;/h1-4H,5H2;2*1H2,2H3;. The Bertz CT molecular complexity index is 91.3. The molecular formula is C9H16Ga. The molecule has 1 heteroatoms. The van der Waals surface area contributed by atoms with Crippen LogP contribution in [0.15, 0.2) is 24.3 Å². The zero-order valence-corrected chi connectivity index (χ0v) is 9.43. The molecule has 55 valence electrons. The van der Waals surface area contributed by atoms with Crippen molar-refractivity contribution in [2.75, 3.05) is 0 Å². The summed E-state index contributed by atoms with van der Waals surface area (Å²) in [5, 5.41) is 0. The van der Waals surface area contributed by atoms with Gasteiger partial charge in [0.1, 0.15) is 0 Å². The summed E-state index contributed by atoms with van der Waals surface area (Å²) in [6.45, 7) is 4.56. The summed E-state index contributed by atoms with van der Waals surface area (Å²) in [5.74, 6) is 0. The molecule has 0 heterocycles. The van der Waals surface area contributed by atoms with Gasteiger partial charge in [0, 0.05) is 0 Å². The first kappa shape index (κ1) is 10.1. The van der Waals surface area contributed by atoms with Gasteiger partial charge in [0.2, 0.25) is 0 Å². The van der Waals surface area contributed by atoms with Gasteiger partial charge in [0.25, 0.3) is 0 Å². The van der Waals surface area contributed by atoms with Gasteiger partial charge in [-0.25, -0.2) is 0 Å². The van der Waals surface area contributed by atoms with Crippen LogP contribution in [-0.4, -0.2) is 17.4 Å². The van der Waals surface area contributed by atoms with Crippen LogP contribution in [0.3, 0.4) is 0 Å². The van der Waals surface area contributed by atoms with Crippen LogP contribution < -0.4 is 0 Å². The molecule has 1 radical (unpaired) electrons. The van der Waals surface area contributed by atoms with E-state index < -0.39 is 0 Å². The molecule has 0 amide bonds. The number of rotatable bonds is 2. The summed E-state index contributed by atoms with van der Waals surface area (Å²) in [7, 11) is 0. The fraction of sp³-hybridized carbons (Fsp3) is 0.556. The summed E-state index contributed by atoms with van der Waals surface area (Å²) in [5.41, 5.74) is 0. The second-order valence-corrected chi connectivity index (χ2v) is 6.83. The molecule has 0 bridgehead atoms. The summed E-state index contributed by atoms with van der Waals surface area (Å²) in [6, 6.07) is 0.